The number of fused-ring (bicyclic) bond motifs is 5. The maximum Gasteiger partial charge on any atom is 0.255 e. The van der Waals surface area contributed by atoms with Gasteiger partial charge in [-0.3, -0.25) is 4.79 Å². The smallest absolute Gasteiger partial charge is 0.255 e. The third kappa shape index (κ3) is 1.04. The molecule has 1 aromatic heterocycles. The molecule has 4 rings (SSSR count). The fraction of sp³-hybridized carbons (Fsp3) is 0.214. The van der Waals surface area contributed by atoms with Crippen molar-refractivity contribution < 1.29 is 4.79 Å². The molecule has 0 saturated carbocycles. The van der Waals surface area contributed by atoms with Gasteiger partial charge in [-0.15, -0.1) is 0 Å². The van der Waals surface area contributed by atoms with E-state index in [2.05, 4.69) is 29.0 Å². The second-order valence-corrected chi connectivity index (χ2v) is 4.61. The summed E-state index contributed by atoms with van der Waals surface area (Å²) in [6, 6.07) is 12.3. The monoisotopic (exact) mass is 224 g/mol. The summed E-state index contributed by atoms with van der Waals surface area (Å²) in [6.45, 7) is 1.71. The molecule has 0 saturated heterocycles. The van der Waals surface area contributed by atoms with Crippen LogP contribution in [0.2, 0.25) is 0 Å². The van der Waals surface area contributed by atoms with E-state index in [1.807, 2.05) is 23.1 Å². The van der Waals surface area contributed by atoms with Crippen LogP contribution in [0.5, 0.6) is 0 Å². The standard InChI is InChI=1S/C14H12N2O/c17-14-11-5-2-1-4-10(11)13-12-6-3-7-15(12)8-9-16(13)14/h1-7,13H,8-9H2/t13-/m0/s1. The summed E-state index contributed by atoms with van der Waals surface area (Å²) in [7, 11) is 0. The maximum atomic E-state index is 12.3. The molecule has 17 heavy (non-hydrogen) atoms. The molecule has 0 aliphatic carbocycles. The van der Waals surface area contributed by atoms with Crippen LogP contribution in [0.4, 0.5) is 0 Å². The summed E-state index contributed by atoms with van der Waals surface area (Å²) >= 11 is 0. The number of benzene rings is 1. The van der Waals surface area contributed by atoms with Crippen LogP contribution in [0, 0.1) is 0 Å². The van der Waals surface area contributed by atoms with Gasteiger partial charge in [0.05, 0.1) is 6.04 Å². The van der Waals surface area contributed by atoms with E-state index in [1.165, 1.54) is 5.69 Å². The normalized spacial score (nSPS) is 21.1. The van der Waals surface area contributed by atoms with Gasteiger partial charge in [-0.05, 0) is 23.8 Å². The van der Waals surface area contributed by atoms with Crippen LogP contribution in [0.25, 0.3) is 0 Å². The molecular formula is C14H12N2O. The molecule has 1 amide bonds. The van der Waals surface area contributed by atoms with E-state index < -0.39 is 0 Å². The highest BCUT2D eigenvalue weighted by Gasteiger charge is 2.40. The molecule has 0 fully saturated rings. The Kier molecular flexibility index (Phi) is 1.60. The summed E-state index contributed by atoms with van der Waals surface area (Å²) in [5.41, 5.74) is 3.25. The van der Waals surface area contributed by atoms with Crippen LogP contribution in [-0.2, 0) is 6.54 Å². The van der Waals surface area contributed by atoms with E-state index >= 15 is 0 Å². The Morgan fingerprint density at radius 1 is 1.06 bits per heavy atom. The van der Waals surface area contributed by atoms with Gasteiger partial charge in [-0.25, -0.2) is 0 Å². The van der Waals surface area contributed by atoms with Crippen molar-refractivity contribution in [2.75, 3.05) is 6.54 Å². The van der Waals surface area contributed by atoms with Gasteiger partial charge in [-0.2, -0.15) is 0 Å². The first-order valence-corrected chi connectivity index (χ1v) is 5.91. The number of carbonyl (C=O) groups is 1. The second kappa shape index (κ2) is 3.00. The van der Waals surface area contributed by atoms with Crippen molar-refractivity contribution in [2.24, 2.45) is 0 Å². The topological polar surface area (TPSA) is 25.2 Å². The molecule has 1 atom stereocenters. The number of aromatic nitrogens is 1. The summed E-state index contributed by atoms with van der Waals surface area (Å²) in [4.78, 5) is 14.3. The van der Waals surface area contributed by atoms with Gasteiger partial charge >= 0.3 is 0 Å². The number of nitrogens with zero attached hydrogens (tertiary/aromatic N) is 2. The predicted molar refractivity (Wildman–Crippen MR) is 63.8 cm³/mol. The molecule has 0 unspecified atom stereocenters. The number of hydrogen-bond acceptors (Lipinski definition) is 1. The average molecular weight is 224 g/mol. The minimum atomic E-state index is 0.127. The van der Waals surface area contributed by atoms with E-state index in [0.29, 0.717) is 0 Å². The third-order valence-corrected chi connectivity index (χ3v) is 3.78. The lowest BCUT2D eigenvalue weighted by molar-refractivity contribution is 0.0714. The zero-order valence-corrected chi connectivity index (χ0v) is 9.34. The van der Waals surface area contributed by atoms with E-state index in [0.717, 1.165) is 24.2 Å². The highest BCUT2D eigenvalue weighted by Crippen LogP contribution is 2.40. The molecule has 3 heterocycles. The van der Waals surface area contributed by atoms with Crippen LogP contribution >= 0.6 is 0 Å². The van der Waals surface area contributed by atoms with Crippen LogP contribution in [0.3, 0.4) is 0 Å². The zero-order chi connectivity index (χ0) is 11.4. The average Bonchev–Trinajstić information content (AvgIpc) is 2.93. The summed E-state index contributed by atoms with van der Waals surface area (Å²) < 4.78 is 2.25. The van der Waals surface area contributed by atoms with Gasteiger partial charge in [0.2, 0.25) is 0 Å². The van der Waals surface area contributed by atoms with Gasteiger partial charge in [-0.1, -0.05) is 18.2 Å². The Morgan fingerprint density at radius 2 is 1.94 bits per heavy atom. The van der Waals surface area contributed by atoms with Crippen molar-refractivity contribution >= 4 is 5.91 Å². The van der Waals surface area contributed by atoms with Crippen molar-refractivity contribution in [3.05, 3.63) is 59.4 Å². The molecule has 3 heteroatoms. The largest absolute Gasteiger partial charge is 0.348 e. The zero-order valence-electron chi connectivity index (χ0n) is 9.34. The van der Waals surface area contributed by atoms with Gasteiger partial charge < -0.3 is 9.47 Å². The Morgan fingerprint density at radius 3 is 2.88 bits per heavy atom. The maximum absolute atomic E-state index is 12.3. The molecule has 0 bridgehead atoms. The Bertz CT molecular complexity index is 614. The summed E-state index contributed by atoms with van der Waals surface area (Å²) in [6.07, 6.45) is 2.10. The van der Waals surface area contributed by atoms with E-state index in [1.54, 1.807) is 0 Å². The fourth-order valence-electron chi connectivity index (χ4n) is 3.01. The molecule has 3 nitrogen and oxygen atoms in total. The van der Waals surface area contributed by atoms with Crippen LogP contribution in [-0.4, -0.2) is 21.9 Å². The van der Waals surface area contributed by atoms with Gasteiger partial charge in [0, 0.05) is 30.5 Å². The molecule has 2 aromatic rings. The first-order chi connectivity index (χ1) is 8.36. The van der Waals surface area contributed by atoms with Gasteiger partial charge in [0.15, 0.2) is 0 Å². The molecule has 84 valence electrons. The minimum Gasteiger partial charge on any atom is -0.348 e. The second-order valence-electron chi connectivity index (χ2n) is 4.61. The number of hydrogen-bond donors (Lipinski definition) is 0. The molecule has 2 aliphatic rings. The van der Waals surface area contributed by atoms with Crippen molar-refractivity contribution in [1.82, 2.24) is 9.47 Å². The number of carbonyl (C=O) groups excluding carboxylic acids is 1. The molecule has 2 aliphatic heterocycles. The molecule has 0 N–H and O–H groups in total. The molecule has 1 aromatic carbocycles. The van der Waals surface area contributed by atoms with Crippen LogP contribution < -0.4 is 0 Å². The SMILES string of the molecule is O=C1c2ccccc2[C@H]2c3cccn3CCN12. The van der Waals surface area contributed by atoms with Crippen molar-refractivity contribution in [3.63, 3.8) is 0 Å². The Balaban J connectivity index is 1.98. The van der Waals surface area contributed by atoms with Crippen molar-refractivity contribution in [2.45, 2.75) is 12.6 Å². The van der Waals surface area contributed by atoms with E-state index in [-0.39, 0.29) is 11.9 Å². The van der Waals surface area contributed by atoms with Gasteiger partial charge in [0.25, 0.3) is 5.91 Å². The van der Waals surface area contributed by atoms with Crippen LogP contribution in [0.1, 0.15) is 27.7 Å². The first kappa shape index (κ1) is 9.05. The molecule has 0 radical (unpaired) electrons. The predicted octanol–water partition coefficient (Wildman–Crippen LogP) is 2.05. The highest BCUT2D eigenvalue weighted by atomic mass is 16.2. The van der Waals surface area contributed by atoms with Crippen molar-refractivity contribution in [1.29, 1.82) is 0 Å². The highest BCUT2D eigenvalue weighted by molar-refractivity contribution is 5.99. The Hall–Kier alpha value is -2.03. The van der Waals surface area contributed by atoms with Crippen LogP contribution in [0.15, 0.2) is 42.6 Å². The van der Waals surface area contributed by atoms with Gasteiger partial charge in [0.1, 0.15) is 0 Å². The summed E-state index contributed by atoms with van der Waals surface area (Å²) in [5.74, 6) is 0.179. The number of rotatable bonds is 0. The Labute approximate surface area is 99.3 Å². The van der Waals surface area contributed by atoms with E-state index in [4.69, 9.17) is 0 Å². The lowest BCUT2D eigenvalue weighted by atomic mass is 10.0. The fourth-order valence-corrected chi connectivity index (χ4v) is 3.01. The minimum absolute atomic E-state index is 0.127. The number of amides is 1. The lowest BCUT2D eigenvalue weighted by Crippen LogP contribution is -2.37. The first-order valence-electron chi connectivity index (χ1n) is 5.91. The summed E-state index contributed by atoms with van der Waals surface area (Å²) in [5, 5.41) is 0. The lowest BCUT2D eigenvalue weighted by Gasteiger charge is -2.31. The third-order valence-electron chi connectivity index (χ3n) is 3.78. The molecule has 0 spiro atoms. The van der Waals surface area contributed by atoms with E-state index in [9.17, 15) is 4.79 Å². The quantitative estimate of drug-likeness (QED) is 0.672. The molecular weight excluding hydrogens is 212 g/mol. The van der Waals surface area contributed by atoms with Crippen molar-refractivity contribution in [3.8, 4) is 0 Å².